The number of nitrogens with one attached hydrogen (secondary N) is 1. The highest BCUT2D eigenvalue weighted by Gasteiger charge is 2.26. The first-order chi connectivity index (χ1) is 16.3. The Labute approximate surface area is 206 Å². The van der Waals surface area contributed by atoms with Crippen LogP contribution in [0.15, 0.2) is 47.3 Å². The molecule has 180 valence electrons. The van der Waals surface area contributed by atoms with E-state index in [1.165, 1.54) is 12.1 Å². The Hall–Kier alpha value is -2.65. The molecule has 3 aromatic rings. The molecule has 2 aromatic carbocycles. The zero-order valence-corrected chi connectivity index (χ0v) is 19.9. The topological polar surface area (TPSA) is 79.5 Å². The van der Waals surface area contributed by atoms with Gasteiger partial charge in [-0.25, -0.2) is 9.07 Å². The quantitative estimate of drug-likeness (QED) is 0.492. The zero-order chi connectivity index (χ0) is 24.2. The van der Waals surface area contributed by atoms with E-state index in [1.54, 1.807) is 22.9 Å². The molecular formula is C24H25Cl2FN4O3. The lowest BCUT2D eigenvalue weighted by molar-refractivity contribution is -0.123. The predicted molar refractivity (Wildman–Crippen MR) is 129 cm³/mol. The van der Waals surface area contributed by atoms with E-state index in [0.29, 0.717) is 54.8 Å². The lowest BCUT2D eigenvalue weighted by atomic mass is 10.1. The Morgan fingerprint density at radius 1 is 1.03 bits per heavy atom. The number of carbonyl (C=O) groups is 1. The second-order valence-electron chi connectivity index (χ2n) is 8.28. The van der Waals surface area contributed by atoms with Gasteiger partial charge in [0.2, 0.25) is 5.91 Å². The van der Waals surface area contributed by atoms with E-state index in [2.05, 4.69) is 10.2 Å². The van der Waals surface area contributed by atoms with Crippen molar-refractivity contribution in [2.75, 3.05) is 19.7 Å². The van der Waals surface area contributed by atoms with Crippen LogP contribution in [-0.2, 0) is 37.4 Å². The maximum absolute atomic E-state index is 13.8. The lowest BCUT2D eigenvalue weighted by Crippen LogP contribution is -2.33. The molecule has 0 spiro atoms. The van der Waals surface area contributed by atoms with E-state index in [-0.39, 0.29) is 17.9 Å². The summed E-state index contributed by atoms with van der Waals surface area (Å²) in [6, 6.07) is 11.8. The molecule has 1 aliphatic heterocycles. The maximum atomic E-state index is 13.8. The minimum absolute atomic E-state index is 0.0968. The van der Waals surface area contributed by atoms with Crippen LogP contribution in [-0.4, -0.2) is 45.0 Å². The molecule has 0 saturated heterocycles. The van der Waals surface area contributed by atoms with Gasteiger partial charge in [-0.15, -0.1) is 0 Å². The van der Waals surface area contributed by atoms with E-state index >= 15 is 0 Å². The van der Waals surface area contributed by atoms with Gasteiger partial charge in [-0.1, -0.05) is 35.3 Å². The average Bonchev–Trinajstić information content (AvgIpc) is 3.05. The van der Waals surface area contributed by atoms with Gasteiger partial charge in [-0.2, -0.15) is 0 Å². The number of rotatable bonds is 8. The van der Waals surface area contributed by atoms with E-state index in [9.17, 15) is 14.0 Å². The van der Waals surface area contributed by atoms with Crippen LogP contribution in [0.3, 0.4) is 0 Å². The van der Waals surface area contributed by atoms with Gasteiger partial charge >= 0.3 is 0 Å². The predicted octanol–water partition coefficient (Wildman–Crippen LogP) is 2.81. The van der Waals surface area contributed by atoms with Gasteiger partial charge < -0.3 is 10.4 Å². The Morgan fingerprint density at radius 2 is 1.79 bits per heavy atom. The van der Waals surface area contributed by atoms with E-state index in [0.717, 1.165) is 16.8 Å². The Bertz CT molecular complexity index is 1220. The molecule has 0 saturated carbocycles. The minimum Gasteiger partial charge on any atom is -0.387 e. The van der Waals surface area contributed by atoms with Crippen LogP contribution in [0.2, 0.25) is 10.0 Å². The van der Waals surface area contributed by atoms with Crippen molar-refractivity contribution in [3.05, 3.63) is 91.1 Å². The molecular weight excluding hydrogens is 482 g/mol. The lowest BCUT2D eigenvalue weighted by Gasteiger charge is -2.27. The second-order valence-corrected chi connectivity index (χ2v) is 9.16. The molecule has 10 heteroatoms. The Kier molecular flexibility index (Phi) is 7.73. The van der Waals surface area contributed by atoms with Gasteiger partial charge in [0.25, 0.3) is 5.56 Å². The number of aromatic nitrogens is 2. The van der Waals surface area contributed by atoms with Crippen molar-refractivity contribution in [3.8, 4) is 0 Å². The summed E-state index contributed by atoms with van der Waals surface area (Å²) in [5.41, 5.74) is 3.19. The summed E-state index contributed by atoms with van der Waals surface area (Å²) in [6.45, 7) is 2.05. The summed E-state index contributed by atoms with van der Waals surface area (Å²) in [5, 5.41) is 12.6. The number of hydrogen-bond acceptors (Lipinski definition) is 4. The fourth-order valence-electron chi connectivity index (χ4n) is 4.32. The van der Waals surface area contributed by atoms with Gasteiger partial charge in [-0.05, 0) is 41.5 Å². The standard InChI is InChI=1S/C24H25Cl2FN4O3/c25-18-3-1-16(2-4-18)13-31-24(34)21-14-29(12-17-9-19(26)11-20(27)10-17)7-5-22(21)30(31)8-6-28-23(33)15-32/h1-4,9-11,32H,5-8,12-15H2,(H,28,33). The number of carbonyl (C=O) groups excluding carboxylic acids is 1. The van der Waals surface area contributed by atoms with E-state index in [1.807, 2.05) is 16.8 Å². The fourth-order valence-corrected chi connectivity index (χ4v) is 4.69. The molecule has 1 aromatic heterocycles. The number of amides is 1. The number of fused-ring (bicyclic) bond motifs is 1. The average molecular weight is 507 g/mol. The van der Waals surface area contributed by atoms with Gasteiger partial charge in [0.15, 0.2) is 0 Å². The Morgan fingerprint density at radius 3 is 2.50 bits per heavy atom. The number of nitrogens with zero attached hydrogens (tertiary/aromatic N) is 3. The first-order valence-electron chi connectivity index (χ1n) is 10.9. The molecule has 0 radical (unpaired) electrons. The third-order valence-corrected chi connectivity index (χ3v) is 6.32. The van der Waals surface area contributed by atoms with Gasteiger partial charge in [0.1, 0.15) is 12.4 Å². The molecule has 0 fully saturated rings. The van der Waals surface area contributed by atoms with Crippen molar-refractivity contribution in [1.29, 1.82) is 0 Å². The monoisotopic (exact) mass is 506 g/mol. The fraction of sp³-hybridized carbons (Fsp3) is 0.333. The molecule has 0 atom stereocenters. The van der Waals surface area contributed by atoms with E-state index < -0.39 is 12.5 Å². The Balaban J connectivity index is 1.60. The first-order valence-corrected chi connectivity index (χ1v) is 11.7. The van der Waals surface area contributed by atoms with Crippen molar-refractivity contribution in [3.63, 3.8) is 0 Å². The second kappa shape index (κ2) is 10.7. The van der Waals surface area contributed by atoms with Crippen LogP contribution in [0.1, 0.15) is 22.4 Å². The molecule has 2 N–H and O–H groups in total. The third kappa shape index (κ3) is 5.70. The van der Waals surface area contributed by atoms with Gasteiger partial charge in [0.05, 0.1) is 18.7 Å². The number of aliphatic hydroxyl groups is 1. The number of hydrogen-bond donors (Lipinski definition) is 2. The SMILES string of the molecule is O=C(CO)NCCn1c2c(c(=O)n1Cc1ccc(Cl)cc1)CN(Cc1cc(F)cc(Cl)c1)CC2. The van der Waals surface area contributed by atoms with Crippen LogP contribution in [0.25, 0.3) is 0 Å². The number of benzene rings is 2. The van der Waals surface area contributed by atoms with Crippen molar-refractivity contribution in [2.24, 2.45) is 0 Å². The third-order valence-electron chi connectivity index (χ3n) is 5.85. The largest absolute Gasteiger partial charge is 0.387 e. The van der Waals surface area contributed by atoms with Crippen molar-refractivity contribution in [1.82, 2.24) is 19.6 Å². The first kappa shape index (κ1) is 24.5. The van der Waals surface area contributed by atoms with Crippen molar-refractivity contribution >= 4 is 29.1 Å². The van der Waals surface area contributed by atoms with Crippen molar-refractivity contribution < 1.29 is 14.3 Å². The zero-order valence-electron chi connectivity index (χ0n) is 18.4. The number of halogens is 3. The highest BCUT2D eigenvalue weighted by molar-refractivity contribution is 6.30. The van der Waals surface area contributed by atoms with Crippen molar-refractivity contribution in [2.45, 2.75) is 32.6 Å². The van der Waals surface area contributed by atoms with Crippen LogP contribution in [0.4, 0.5) is 4.39 Å². The number of aliphatic hydroxyl groups excluding tert-OH is 1. The van der Waals surface area contributed by atoms with Crippen LogP contribution < -0.4 is 10.9 Å². The summed E-state index contributed by atoms with van der Waals surface area (Å²) in [6.07, 6.45) is 0.634. The van der Waals surface area contributed by atoms with Crippen LogP contribution >= 0.6 is 23.2 Å². The molecule has 7 nitrogen and oxygen atoms in total. The summed E-state index contributed by atoms with van der Waals surface area (Å²) >= 11 is 12.0. The summed E-state index contributed by atoms with van der Waals surface area (Å²) in [5.74, 6) is -0.853. The molecule has 0 unspecified atom stereocenters. The van der Waals surface area contributed by atoms with Crippen LogP contribution in [0, 0.1) is 5.82 Å². The molecule has 1 aliphatic rings. The summed E-state index contributed by atoms with van der Waals surface area (Å²) < 4.78 is 17.4. The smallest absolute Gasteiger partial charge is 0.271 e. The highest BCUT2D eigenvalue weighted by atomic mass is 35.5. The van der Waals surface area contributed by atoms with Crippen LogP contribution in [0.5, 0.6) is 0 Å². The van der Waals surface area contributed by atoms with Gasteiger partial charge in [0, 0.05) is 48.3 Å². The normalized spacial score (nSPS) is 13.6. The van der Waals surface area contributed by atoms with Gasteiger partial charge in [-0.3, -0.25) is 19.2 Å². The molecule has 1 amide bonds. The molecule has 34 heavy (non-hydrogen) atoms. The highest BCUT2D eigenvalue weighted by Crippen LogP contribution is 2.22. The molecule has 0 bridgehead atoms. The minimum atomic E-state index is -0.583. The molecule has 0 aliphatic carbocycles. The van der Waals surface area contributed by atoms with E-state index in [4.69, 9.17) is 28.3 Å². The maximum Gasteiger partial charge on any atom is 0.271 e. The summed E-state index contributed by atoms with van der Waals surface area (Å²) in [4.78, 5) is 27.0. The summed E-state index contributed by atoms with van der Waals surface area (Å²) in [7, 11) is 0. The molecule has 2 heterocycles. The molecule has 4 rings (SSSR count).